The molecule has 9 nitrogen and oxygen atoms in total. The number of benzene rings is 1. The van der Waals surface area contributed by atoms with Gasteiger partial charge in [0.15, 0.2) is 16.0 Å². The average Bonchev–Trinajstić information content (AvgIpc) is 3.09. The van der Waals surface area contributed by atoms with E-state index in [-0.39, 0.29) is 29.1 Å². The van der Waals surface area contributed by atoms with Crippen LogP contribution in [0.3, 0.4) is 0 Å². The van der Waals surface area contributed by atoms with Gasteiger partial charge >= 0.3 is 6.03 Å². The van der Waals surface area contributed by atoms with Crippen molar-refractivity contribution in [3.63, 3.8) is 0 Å². The number of aromatic nitrogens is 2. The smallest absolute Gasteiger partial charge is 0.327 e. The minimum absolute atomic E-state index is 0.0145. The number of hydrogen-bond donors (Lipinski definition) is 2. The molecule has 32 heavy (non-hydrogen) atoms. The number of rotatable bonds is 7. The summed E-state index contributed by atoms with van der Waals surface area (Å²) >= 11 is 6.26. The Morgan fingerprint density at radius 3 is 2.28 bits per heavy atom. The third kappa shape index (κ3) is 5.87. The molecule has 2 N–H and O–H groups in total. The second kappa shape index (κ2) is 10.6. The first-order chi connectivity index (χ1) is 15.0. The fourth-order valence-electron chi connectivity index (χ4n) is 3.09. The highest BCUT2D eigenvalue weighted by Crippen LogP contribution is 2.35. The molecule has 0 spiro atoms. The fraction of sp³-hybridized carbons (Fsp3) is 0.429. The SMILES string of the molecule is CC(C)c1cc(Cl)cc(C(C)C)c1NC(=O)NS(=O)c1cc(C(=O)N(C)CC#N)n(C)n1. The van der Waals surface area contributed by atoms with Crippen LogP contribution in [0.2, 0.25) is 5.02 Å². The summed E-state index contributed by atoms with van der Waals surface area (Å²) in [5.41, 5.74) is 2.51. The van der Waals surface area contributed by atoms with Crippen LogP contribution in [0.15, 0.2) is 23.2 Å². The Labute approximate surface area is 195 Å². The van der Waals surface area contributed by atoms with Gasteiger partial charge in [-0.2, -0.15) is 10.4 Å². The minimum Gasteiger partial charge on any atom is -0.327 e. The molecule has 0 bridgehead atoms. The van der Waals surface area contributed by atoms with Crippen LogP contribution in [0, 0.1) is 11.3 Å². The highest BCUT2D eigenvalue weighted by molar-refractivity contribution is 7.83. The Kier molecular flexibility index (Phi) is 8.41. The van der Waals surface area contributed by atoms with Crippen molar-refractivity contribution in [1.29, 1.82) is 5.26 Å². The number of urea groups is 1. The Hall–Kier alpha value is -2.90. The van der Waals surface area contributed by atoms with Crippen LogP contribution < -0.4 is 10.0 Å². The zero-order chi connectivity index (χ0) is 24.2. The predicted molar refractivity (Wildman–Crippen MR) is 124 cm³/mol. The van der Waals surface area contributed by atoms with Crippen LogP contribution >= 0.6 is 11.6 Å². The largest absolute Gasteiger partial charge is 0.331 e. The molecule has 0 aliphatic rings. The third-order valence-electron chi connectivity index (χ3n) is 4.75. The summed E-state index contributed by atoms with van der Waals surface area (Å²) in [6.07, 6.45) is 0. The lowest BCUT2D eigenvalue weighted by atomic mass is 9.92. The Morgan fingerprint density at radius 1 is 1.22 bits per heavy atom. The van der Waals surface area contributed by atoms with Gasteiger partial charge in [0.1, 0.15) is 12.2 Å². The molecule has 172 valence electrons. The zero-order valence-corrected chi connectivity index (χ0v) is 20.5. The summed E-state index contributed by atoms with van der Waals surface area (Å²) in [5.74, 6) is -0.248. The van der Waals surface area contributed by atoms with Crippen LogP contribution in [0.25, 0.3) is 0 Å². The molecule has 1 unspecified atom stereocenters. The number of carbonyl (C=O) groups excluding carboxylic acids is 2. The number of nitriles is 1. The molecule has 2 rings (SSSR count). The Morgan fingerprint density at radius 2 is 1.78 bits per heavy atom. The standard InChI is InChI=1S/C21H27ClN6O3S/c1-12(2)15-9-14(22)10-16(13(3)4)19(15)24-21(30)26-32(31)18-11-17(28(6)25-18)20(29)27(5)8-7-23/h9-13H,8H2,1-6H3,(H2,24,26,30). The molecule has 0 fully saturated rings. The van der Waals surface area contributed by atoms with Gasteiger partial charge in [-0.05, 0) is 35.1 Å². The average molecular weight is 479 g/mol. The molecule has 0 saturated heterocycles. The van der Waals surface area contributed by atoms with E-state index in [1.807, 2.05) is 33.8 Å². The maximum atomic E-state index is 12.7. The normalized spacial score (nSPS) is 11.9. The summed E-state index contributed by atoms with van der Waals surface area (Å²) in [6, 6.07) is 6.15. The second-order valence-corrected chi connectivity index (χ2v) is 9.50. The molecule has 0 aliphatic heterocycles. The van der Waals surface area contributed by atoms with E-state index in [2.05, 4.69) is 15.1 Å². The van der Waals surface area contributed by atoms with Gasteiger partial charge in [-0.1, -0.05) is 39.3 Å². The summed E-state index contributed by atoms with van der Waals surface area (Å²) in [5, 5.41) is 16.2. The van der Waals surface area contributed by atoms with Gasteiger partial charge in [-0.25, -0.2) is 9.00 Å². The zero-order valence-electron chi connectivity index (χ0n) is 18.9. The highest BCUT2D eigenvalue weighted by Gasteiger charge is 2.22. The van der Waals surface area contributed by atoms with Crippen LogP contribution in [0.4, 0.5) is 10.5 Å². The molecule has 0 saturated carbocycles. The van der Waals surface area contributed by atoms with Gasteiger partial charge in [-0.15, -0.1) is 0 Å². The molecule has 2 aromatic rings. The maximum Gasteiger partial charge on any atom is 0.331 e. The fourth-order valence-corrected chi connectivity index (χ4v) is 4.06. The molecule has 11 heteroatoms. The monoisotopic (exact) mass is 478 g/mol. The van der Waals surface area contributed by atoms with Crippen molar-refractivity contribution in [3.05, 3.63) is 40.0 Å². The van der Waals surface area contributed by atoms with E-state index in [4.69, 9.17) is 16.9 Å². The van der Waals surface area contributed by atoms with Crippen LogP contribution in [0.1, 0.15) is 61.1 Å². The van der Waals surface area contributed by atoms with Gasteiger partial charge in [-0.3, -0.25) is 14.2 Å². The van der Waals surface area contributed by atoms with E-state index in [0.717, 1.165) is 11.1 Å². The van der Waals surface area contributed by atoms with E-state index in [1.165, 1.54) is 29.7 Å². The first kappa shape index (κ1) is 25.4. The molecule has 0 aliphatic carbocycles. The van der Waals surface area contributed by atoms with E-state index >= 15 is 0 Å². The number of aryl methyl sites for hydroxylation is 1. The van der Waals surface area contributed by atoms with Gasteiger partial charge in [0.25, 0.3) is 5.91 Å². The third-order valence-corrected chi connectivity index (χ3v) is 5.92. The molecule has 1 aromatic carbocycles. The van der Waals surface area contributed by atoms with E-state index < -0.39 is 22.9 Å². The quantitative estimate of drug-likeness (QED) is 0.587. The lowest BCUT2D eigenvalue weighted by molar-refractivity contribution is 0.0801. The number of nitrogens with one attached hydrogen (secondary N) is 2. The molecular weight excluding hydrogens is 452 g/mol. The number of carbonyl (C=O) groups is 2. The summed E-state index contributed by atoms with van der Waals surface area (Å²) in [6.45, 7) is 7.87. The molecule has 1 heterocycles. The van der Waals surface area contributed by atoms with E-state index in [0.29, 0.717) is 10.7 Å². The van der Waals surface area contributed by atoms with Gasteiger partial charge in [0, 0.05) is 30.9 Å². The number of hydrogen-bond acceptors (Lipinski definition) is 5. The maximum absolute atomic E-state index is 12.7. The highest BCUT2D eigenvalue weighted by atomic mass is 35.5. The molecule has 1 aromatic heterocycles. The van der Waals surface area contributed by atoms with Crippen molar-refractivity contribution >= 4 is 40.2 Å². The van der Waals surface area contributed by atoms with Crippen molar-refractivity contribution in [2.45, 2.75) is 44.6 Å². The van der Waals surface area contributed by atoms with E-state index in [9.17, 15) is 13.8 Å². The van der Waals surface area contributed by atoms with Crippen molar-refractivity contribution in [2.75, 3.05) is 18.9 Å². The van der Waals surface area contributed by atoms with Gasteiger partial charge in [0.2, 0.25) is 0 Å². The van der Waals surface area contributed by atoms with Crippen LogP contribution in [-0.2, 0) is 18.0 Å². The van der Waals surface area contributed by atoms with Crippen LogP contribution in [0.5, 0.6) is 0 Å². The summed E-state index contributed by atoms with van der Waals surface area (Å²) in [4.78, 5) is 26.3. The predicted octanol–water partition coefficient (Wildman–Crippen LogP) is 3.76. The molecular formula is C21H27ClN6O3S. The van der Waals surface area contributed by atoms with Gasteiger partial charge in [0.05, 0.1) is 6.07 Å². The number of nitrogens with zero attached hydrogens (tertiary/aromatic N) is 4. The lowest BCUT2D eigenvalue weighted by Crippen LogP contribution is -2.31. The molecule has 0 radical (unpaired) electrons. The van der Waals surface area contributed by atoms with Gasteiger partial charge < -0.3 is 10.2 Å². The van der Waals surface area contributed by atoms with Crippen molar-refractivity contribution in [2.24, 2.45) is 7.05 Å². The Balaban J connectivity index is 2.23. The minimum atomic E-state index is -2.00. The summed E-state index contributed by atoms with van der Waals surface area (Å²) < 4.78 is 16.3. The van der Waals surface area contributed by atoms with Crippen LogP contribution in [-0.4, -0.2) is 44.4 Å². The first-order valence-electron chi connectivity index (χ1n) is 9.95. The summed E-state index contributed by atoms with van der Waals surface area (Å²) in [7, 11) is 0.992. The van der Waals surface area contributed by atoms with E-state index in [1.54, 1.807) is 12.1 Å². The lowest BCUT2D eigenvalue weighted by Gasteiger charge is -2.21. The number of halogens is 1. The van der Waals surface area contributed by atoms with Crippen molar-refractivity contribution in [3.8, 4) is 6.07 Å². The van der Waals surface area contributed by atoms with Crippen molar-refractivity contribution in [1.82, 2.24) is 19.4 Å². The Bertz CT molecular complexity index is 1060. The number of anilines is 1. The first-order valence-corrected chi connectivity index (χ1v) is 11.5. The number of amides is 3. The molecule has 1 atom stereocenters. The molecule has 3 amide bonds. The van der Waals surface area contributed by atoms with Crippen molar-refractivity contribution < 1.29 is 13.8 Å². The second-order valence-electron chi connectivity index (χ2n) is 7.90. The topological polar surface area (TPSA) is 120 Å².